The molecule has 24 heavy (non-hydrogen) atoms. The predicted molar refractivity (Wildman–Crippen MR) is 94.9 cm³/mol. The minimum Gasteiger partial charge on any atom is -0.366 e. The van der Waals surface area contributed by atoms with E-state index in [1.54, 1.807) is 0 Å². The smallest absolute Gasteiger partial charge is 0.259 e. The van der Waals surface area contributed by atoms with E-state index in [0.717, 1.165) is 17.0 Å². The van der Waals surface area contributed by atoms with Crippen molar-refractivity contribution >= 4 is 37.9 Å². The van der Waals surface area contributed by atoms with Crippen molar-refractivity contribution in [2.24, 2.45) is 0 Å². The van der Waals surface area contributed by atoms with Gasteiger partial charge in [0.1, 0.15) is 4.60 Å². The predicted octanol–water partition coefficient (Wildman–Crippen LogP) is 4.13. The lowest BCUT2D eigenvalue weighted by atomic mass is 10.2. The summed E-state index contributed by atoms with van der Waals surface area (Å²) in [4.78, 5) is 20.2. The first kappa shape index (κ1) is 17.0. The van der Waals surface area contributed by atoms with Crippen molar-refractivity contribution in [2.45, 2.75) is 20.4 Å². The van der Waals surface area contributed by atoms with Crippen molar-refractivity contribution in [2.75, 3.05) is 11.4 Å². The zero-order chi connectivity index (χ0) is 17.4. The Bertz CT molecular complexity index is 970. The molecule has 0 amide bonds. The van der Waals surface area contributed by atoms with Crippen LogP contribution in [0.15, 0.2) is 33.7 Å². The number of halogens is 3. The second-order valence-electron chi connectivity index (χ2n) is 5.27. The van der Waals surface area contributed by atoms with Crippen LogP contribution in [0.1, 0.15) is 17.5 Å². The van der Waals surface area contributed by atoms with Gasteiger partial charge in [-0.25, -0.2) is 18.2 Å². The molecule has 0 saturated heterocycles. The van der Waals surface area contributed by atoms with Crippen molar-refractivity contribution < 1.29 is 8.78 Å². The van der Waals surface area contributed by atoms with E-state index in [9.17, 15) is 13.6 Å². The number of rotatable bonds is 4. The van der Waals surface area contributed by atoms with E-state index in [0.29, 0.717) is 34.0 Å². The standard InChI is InChI=1S/C16H14BrF2N3OS/c1-3-21(11-4-5-12(18)13(19)7-11)8-10-6-14(23)22-15(17)9(2)24-16(22)20-10/h4-7H,3,8H2,1-2H3. The van der Waals surface area contributed by atoms with Crippen LogP contribution >= 0.6 is 27.3 Å². The molecule has 2 heterocycles. The zero-order valence-corrected chi connectivity index (χ0v) is 15.4. The van der Waals surface area contributed by atoms with Crippen molar-refractivity contribution in [3.63, 3.8) is 0 Å². The molecule has 126 valence electrons. The quantitative estimate of drug-likeness (QED) is 0.645. The number of aromatic nitrogens is 2. The van der Waals surface area contributed by atoms with Gasteiger partial charge in [0.15, 0.2) is 16.6 Å². The van der Waals surface area contributed by atoms with Crippen LogP contribution in [0.2, 0.25) is 0 Å². The Morgan fingerprint density at radius 1 is 1.29 bits per heavy atom. The van der Waals surface area contributed by atoms with Gasteiger partial charge in [-0.2, -0.15) is 0 Å². The van der Waals surface area contributed by atoms with Crippen molar-refractivity contribution in [1.29, 1.82) is 0 Å². The van der Waals surface area contributed by atoms with Crippen LogP contribution in [0.5, 0.6) is 0 Å². The highest BCUT2D eigenvalue weighted by molar-refractivity contribution is 9.10. The summed E-state index contributed by atoms with van der Waals surface area (Å²) in [5.41, 5.74) is 0.954. The van der Waals surface area contributed by atoms with Crippen molar-refractivity contribution in [1.82, 2.24) is 9.38 Å². The maximum Gasteiger partial charge on any atom is 0.259 e. The Morgan fingerprint density at radius 2 is 2.04 bits per heavy atom. The number of hydrogen-bond donors (Lipinski definition) is 0. The molecule has 0 saturated carbocycles. The molecule has 0 radical (unpaired) electrons. The number of nitrogens with zero attached hydrogens (tertiary/aromatic N) is 3. The number of benzene rings is 1. The fraction of sp³-hybridized carbons (Fsp3) is 0.250. The minimum atomic E-state index is -0.896. The molecule has 0 N–H and O–H groups in total. The largest absolute Gasteiger partial charge is 0.366 e. The van der Waals surface area contributed by atoms with Crippen LogP contribution in [0.4, 0.5) is 14.5 Å². The number of aryl methyl sites for hydroxylation is 1. The van der Waals surface area contributed by atoms with Crippen LogP contribution in [0.25, 0.3) is 4.96 Å². The lowest BCUT2D eigenvalue weighted by Gasteiger charge is -2.22. The van der Waals surface area contributed by atoms with Gasteiger partial charge < -0.3 is 4.90 Å². The molecular formula is C16H14BrF2N3OS. The van der Waals surface area contributed by atoms with E-state index in [-0.39, 0.29) is 5.56 Å². The summed E-state index contributed by atoms with van der Waals surface area (Å²) in [6.07, 6.45) is 0. The fourth-order valence-corrected chi connectivity index (χ4v) is 4.02. The highest BCUT2D eigenvalue weighted by Gasteiger charge is 2.14. The molecule has 0 atom stereocenters. The van der Waals surface area contributed by atoms with Crippen LogP contribution in [0.3, 0.4) is 0 Å². The number of thiazole rings is 1. The van der Waals surface area contributed by atoms with Crippen molar-refractivity contribution in [3.05, 3.63) is 61.4 Å². The SMILES string of the molecule is CCN(Cc1cc(=O)n2c(Br)c(C)sc2n1)c1ccc(F)c(F)c1. The molecule has 3 aromatic rings. The summed E-state index contributed by atoms with van der Waals surface area (Å²) < 4.78 is 28.8. The average Bonchev–Trinajstić information content (AvgIpc) is 2.82. The van der Waals surface area contributed by atoms with E-state index in [4.69, 9.17) is 0 Å². The Labute approximate surface area is 149 Å². The first-order valence-corrected chi connectivity index (χ1v) is 8.89. The molecule has 1 aromatic carbocycles. The Kier molecular flexibility index (Phi) is 4.69. The third kappa shape index (κ3) is 3.08. The van der Waals surface area contributed by atoms with Gasteiger partial charge in [0.25, 0.3) is 5.56 Å². The summed E-state index contributed by atoms with van der Waals surface area (Å²) in [5.74, 6) is -1.78. The van der Waals surface area contributed by atoms with E-state index >= 15 is 0 Å². The third-order valence-corrected chi connectivity index (χ3v) is 5.84. The van der Waals surface area contributed by atoms with Crippen LogP contribution in [-0.2, 0) is 6.54 Å². The van der Waals surface area contributed by atoms with E-state index in [2.05, 4.69) is 20.9 Å². The van der Waals surface area contributed by atoms with Gasteiger partial charge in [-0.1, -0.05) is 0 Å². The first-order chi connectivity index (χ1) is 11.4. The minimum absolute atomic E-state index is 0.174. The second kappa shape index (κ2) is 6.60. The Balaban J connectivity index is 1.98. The lowest BCUT2D eigenvalue weighted by Crippen LogP contribution is -2.25. The molecule has 8 heteroatoms. The van der Waals surface area contributed by atoms with Crippen molar-refractivity contribution in [3.8, 4) is 0 Å². The van der Waals surface area contributed by atoms with E-state index < -0.39 is 11.6 Å². The molecule has 0 spiro atoms. The van der Waals surface area contributed by atoms with E-state index in [1.807, 2.05) is 18.7 Å². The molecule has 0 aliphatic carbocycles. The fourth-order valence-electron chi connectivity index (χ4n) is 2.44. The molecule has 0 fully saturated rings. The van der Waals surface area contributed by atoms with Gasteiger partial charge in [0.05, 0.1) is 12.2 Å². The number of fused-ring (bicyclic) bond motifs is 1. The Morgan fingerprint density at radius 3 is 2.71 bits per heavy atom. The maximum absolute atomic E-state index is 13.5. The highest BCUT2D eigenvalue weighted by Crippen LogP contribution is 2.25. The van der Waals surface area contributed by atoms with E-state index in [1.165, 1.54) is 27.9 Å². The lowest BCUT2D eigenvalue weighted by molar-refractivity contribution is 0.508. The molecule has 3 rings (SSSR count). The zero-order valence-electron chi connectivity index (χ0n) is 13.0. The van der Waals surface area contributed by atoms with Crippen LogP contribution < -0.4 is 10.5 Å². The van der Waals surface area contributed by atoms with Gasteiger partial charge in [-0.15, -0.1) is 11.3 Å². The maximum atomic E-state index is 13.5. The molecule has 0 unspecified atom stereocenters. The van der Waals surface area contributed by atoms with Crippen LogP contribution in [-0.4, -0.2) is 15.9 Å². The topological polar surface area (TPSA) is 37.6 Å². The first-order valence-electron chi connectivity index (χ1n) is 7.28. The normalized spacial score (nSPS) is 11.2. The monoisotopic (exact) mass is 413 g/mol. The van der Waals surface area contributed by atoms with Gasteiger partial charge in [-0.05, 0) is 41.9 Å². The molecule has 4 nitrogen and oxygen atoms in total. The molecule has 0 aliphatic heterocycles. The number of hydrogen-bond acceptors (Lipinski definition) is 4. The summed E-state index contributed by atoms with van der Waals surface area (Å²) in [6, 6.07) is 5.22. The second-order valence-corrected chi connectivity index (χ2v) is 7.20. The summed E-state index contributed by atoms with van der Waals surface area (Å²) >= 11 is 4.81. The summed E-state index contributed by atoms with van der Waals surface area (Å²) in [6.45, 7) is 4.71. The molecule has 0 aliphatic rings. The summed E-state index contributed by atoms with van der Waals surface area (Å²) in [5, 5.41) is 0. The van der Waals surface area contributed by atoms with Gasteiger partial charge in [-0.3, -0.25) is 4.79 Å². The third-order valence-electron chi connectivity index (χ3n) is 3.68. The molecule has 0 bridgehead atoms. The Hall–Kier alpha value is -1.80. The number of anilines is 1. The van der Waals surface area contributed by atoms with Gasteiger partial charge in [0.2, 0.25) is 0 Å². The van der Waals surface area contributed by atoms with Gasteiger partial charge in [0, 0.05) is 29.2 Å². The summed E-state index contributed by atoms with van der Waals surface area (Å²) in [7, 11) is 0. The average molecular weight is 414 g/mol. The highest BCUT2D eigenvalue weighted by atomic mass is 79.9. The molecular weight excluding hydrogens is 400 g/mol. The van der Waals surface area contributed by atoms with Gasteiger partial charge >= 0.3 is 0 Å². The van der Waals surface area contributed by atoms with Crippen LogP contribution in [0, 0.1) is 18.6 Å². The molecule has 2 aromatic heterocycles.